The lowest BCUT2D eigenvalue weighted by atomic mass is 11.1. The highest BCUT2D eigenvalue weighted by Gasteiger charge is 2.19. The third-order valence-corrected chi connectivity index (χ3v) is 2.74. The molecule has 0 fully saturated rings. The molecular weight excluding hydrogens is 199 g/mol. The fourth-order valence-electron chi connectivity index (χ4n) is 0.437. The lowest BCUT2D eigenvalue weighted by Gasteiger charge is -2.10. The maximum Gasteiger partial charge on any atom is 0.351 e. The van der Waals surface area contributed by atoms with Gasteiger partial charge in [-0.15, -0.1) is 0 Å². The van der Waals surface area contributed by atoms with Gasteiger partial charge in [0.05, 0.1) is 0 Å². The van der Waals surface area contributed by atoms with Gasteiger partial charge in [-0.1, -0.05) is 0 Å². The van der Waals surface area contributed by atoms with Crippen LogP contribution in [-0.2, 0) is 18.4 Å². The Morgan fingerprint density at radius 2 is 2.08 bits per heavy atom. The molecule has 1 amide bonds. The molecule has 13 heavy (non-hydrogen) atoms. The van der Waals surface area contributed by atoms with Gasteiger partial charge in [-0.2, -0.15) is 5.06 Å². The van der Waals surface area contributed by atoms with E-state index in [1.165, 1.54) is 14.2 Å². The van der Waals surface area contributed by atoms with E-state index in [1.54, 1.807) is 0 Å². The van der Waals surface area contributed by atoms with E-state index in [2.05, 4.69) is 14.0 Å². The second-order valence-electron chi connectivity index (χ2n) is 1.90. The predicted octanol–water partition coefficient (Wildman–Crippen LogP) is 0.306. The van der Waals surface area contributed by atoms with E-state index in [9.17, 15) is 9.36 Å². The first-order valence-corrected chi connectivity index (χ1v) is 4.93. The Morgan fingerprint density at radius 1 is 1.54 bits per heavy atom. The summed E-state index contributed by atoms with van der Waals surface area (Å²) in [4.78, 5) is 13.3. The Balaban J connectivity index is 4.06. The normalized spacial score (nSPS) is 11.9. The van der Waals surface area contributed by atoms with Crippen LogP contribution in [-0.4, -0.2) is 43.5 Å². The van der Waals surface area contributed by atoms with Gasteiger partial charge in [0, 0.05) is 14.2 Å². The summed E-state index contributed by atoms with van der Waals surface area (Å²) in [7, 11) is -0.762. The molecule has 0 aliphatic carbocycles. The molecule has 0 atom stereocenters. The van der Waals surface area contributed by atoms with Crippen molar-refractivity contribution >= 4 is 20.3 Å². The largest absolute Gasteiger partial charge is 0.351 e. The average molecular weight is 210 g/mol. The highest BCUT2D eigenvalue weighted by atomic mass is 31.2. The van der Waals surface area contributed by atoms with Gasteiger partial charge in [0.2, 0.25) is 6.41 Å². The van der Waals surface area contributed by atoms with Gasteiger partial charge in [-0.3, -0.25) is 19.6 Å². The SMILES string of the molecule is COP(=O)(CN=CN(O)C=O)OC. The topological polar surface area (TPSA) is 88.4 Å². The zero-order valence-corrected chi connectivity index (χ0v) is 8.18. The van der Waals surface area contributed by atoms with Crippen LogP contribution in [0.5, 0.6) is 0 Å². The Labute approximate surface area is 75.5 Å². The maximum absolute atomic E-state index is 11.3. The van der Waals surface area contributed by atoms with Gasteiger partial charge in [0.25, 0.3) is 0 Å². The number of carbonyl (C=O) groups is 1. The molecule has 0 spiro atoms. The number of hydroxylamine groups is 2. The van der Waals surface area contributed by atoms with E-state index in [1.807, 2.05) is 0 Å². The van der Waals surface area contributed by atoms with Crippen molar-refractivity contribution in [1.82, 2.24) is 5.06 Å². The van der Waals surface area contributed by atoms with Crippen LogP contribution in [0.25, 0.3) is 0 Å². The number of hydrogen-bond donors (Lipinski definition) is 1. The summed E-state index contributed by atoms with van der Waals surface area (Å²) in [5.41, 5.74) is 0. The van der Waals surface area contributed by atoms with Crippen LogP contribution in [0.15, 0.2) is 4.99 Å². The summed E-state index contributed by atoms with van der Waals surface area (Å²) in [6, 6.07) is 0. The minimum Gasteiger partial charge on any atom is -0.311 e. The molecule has 0 heterocycles. The summed E-state index contributed by atoms with van der Waals surface area (Å²) in [6.45, 7) is 0. The molecule has 0 rings (SSSR count). The van der Waals surface area contributed by atoms with Crippen molar-refractivity contribution in [3.05, 3.63) is 0 Å². The predicted molar refractivity (Wildman–Crippen MR) is 44.7 cm³/mol. The molecule has 0 aliphatic rings. The van der Waals surface area contributed by atoms with Crippen LogP contribution in [0.4, 0.5) is 0 Å². The number of hydrogen-bond acceptors (Lipinski definition) is 6. The van der Waals surface area contributed by atoms with E-state index in [0.29, 0.717) is 0 Å². The van der Waals surface area contributed by atoms with Crippen LogP contribution in [0, 0.1) is 0 Å². The molecule has 0 saturated carbocycles. The first-order chi connectivity index (χ1) is 6.08. The second kappa shape index (κ2) is 5.82. The Morgan fingerprint density at radius 3 is 2.46 bits per heavy atom. The molecular formula is C5H11N2O5P. The fraction of sp³-hybridized carbons (Fsp3) is 0.600. The number of rotatable bonds is 6. The van der Waals surface area contributed by atoms with Crippen molar-refractivity contribution in [1.29, 1.82) is 0 Å². The van der Waals surface area contributed by atoms with Crippen molar-refractivity contribution in [3.63, 3.8) is 0 Å². The smallest absolute Gasteiger partial charge is 0.311 e. The van der Waals surface area contributed by atoms with Crippen molar-refractivity contribution in [2.24, 2.45) is 4.99 Å². The summed E-state index contributed by atoms with van der Waals surface area (Å²) >= 11 is 0. The molecule has 0 aromatic carbocycles. The van der Waals surface area contributed by atoms with E-state index in [-0.39, 0.29) is 17.8 Å². The van der Waals surface area contributed by atoms with Crippen molar-refractivity contribution in [2.75, 3.05) is 20.5 Å². The molecule has 0 aromatic rings. The van der Waals surface area contributed by atoms with Crippen LogP contribution >= 0.6 is 7.60 Å². The van der Waals surface area contributed by atoms with Crippen LogP contribution in [0.3, 0.4) is 0 Å². The van der Waals surface area contributed by atoms with Gasteiger partial charge in [0.1, 0.15) is 12.6 Å². The minimum absolute atomic E-state index is 0.133. The van der Waals surface area contributed by atoms with Crippen molar-refractivity contribution in [2.45, 2.75) is 0 Å². The summed E-state index contributed by atoms with van der Waals surface area (Å²) in [5.74, 6) is 0. The highest BCUT2D eigenvalue weighted by molar-refractivity contribution is 7.53. The number of carbonyl (C=O) groups excluding carboxylic acids is 1. The minimum atomic E-state index is -3.20. The molecule has 8 heteroatoms. The molecule has 7 nitrogen and oxygen atoms in total. The van der Waals surface area contributed by atoms with Gasteiger partial charge in [-0.05, 0) is 0 Å². The Kier molecular flexibility index (Phi) is 5.48. The molecule has 0 bridgehead atoms. The van der Waals surface area contributed by atoms with Gasteiger partial charge in [-0.25, -0.2) is 0 Å². The van der Waals surface area contributed by atoms with Crippen molar-refractivity contribution < 1.29 is 23.6 Å². The zero-order chi connectivity index (χ0) is 10.3. The van der Waals surface area contributed by atoms with Gasteiger partial charge in [0.15, 0.2) is 0 Å². The summed E-state index contributed by atoms with van der Waals surface area (Å²) in [5, 5.41) is 8.73. The van der Waals surface area contributed by atoms with Gasteiger partial charge < -0.3 is 9.05 Å². The Bertz CT molecular complexity index is 223. The summed E-state index contributed by atoms with van der Waals surface area (Å²) in [6.07, 6.45) is 0.677. The number of aliphatic imine (C=N–C) groups is 1. The molecule has 76 valence electrons. The quantitative estimate of drug-likeness (QED) is 0.170. The molecule has 0 unspecified atom stereocenters. The van der Waals surface area contributed by atoms with E-state index >= 15 is 0 Å². The average Bonchev–Trinajstić information content (AvgIpc) is 2.17. The van der Waals surface area contributed by atoms with Crippen molar-refractivity contribution in [3.8, 4) is 0 Å². The lowest BCUT2D eigenvalue weighted by Crippen LogP contribution is -2.14. The first kappa shape index (κ1) is 12.2. The summed E-state index contributed by atoms with van der Waals surface area (Å²) < 4.78 is 20.3. The van der Waals surface area contributed by atoms with Crippen LogP contribution in [0.1, 0.15) is 0 Å². The molecule has 0 aliphatic heterocycles. The van der Waals surface area contributed by atoms with E-state index in [4.69, 9.17) is 5.21 Å². The van der Waals surface area contributed by atoms with Crippen LogP contribution < -0.4 is 0 Å². The third kappa shape index (κ3) is 4.74. The van der Waals surface area contributed by atoms with E-state index in [0.717, 1.165) is 6.34 Å². The first-order valence-electron chi connectivity index (χ1n) is 3.21. The molecule has 0 radical (unpaired) electrons. The number of amides is 1. The molecule has 0 aromatic heterocycles. The van der Waals surface area contributed by atoms with Crippen LogP contribution in [0.2, 0.25) is 0 Å². The van der Waals surface area contributed by atoms with Gasteiger partial charge >= 0.3 is 7.60 Å². The number of nitrogens with zero attached hydrogens (tertiary/aromatic N) is 2. The lowest BCUT2D eigenvalue weighted by molar-refractivity contribution is -0.133. The Hall–Kier alpha value is -0.750. The van der Waals surface area contributed by atoms with E-state index < -0.39 is 7.60 Å². The second-order valence-corrected chi connectivity index (χ2v) is 4.14. The highest BCUT2D eigenvalue weighted by Crippen LogP contribution is 2.45. The third-order valence-electron chi connectivity index (χ3n) is 1.12. The fourth-order valence-corrected chi connectivity index (χ4v) is 1.09. The maximum atomic E-state index is 11.3. The molecule has 0 saturated heterocycles. The standard InChI is InChI=1S/C5H11N2O5P/c1-11-13(10,12-2)4-6-3-7(9)5-8/h3,5,9H,4H2,1-2H3. The zero-order valence-electron chi connectivity index (χ0n) is 7.28. The molecule has 1 N–H and O–H groups in total. The monoisotopic (exact) mass is 210 g/mol.